The third-order valence-corrected chi connectivity index (χ3v) is 3.03. The van der Waals surface area contributed by atoms with Gasteiger partial charge in [-0.05, 0) is 32.6 Å². The van der Waals surface area contributed by atoms with Crippen molar-refractivity contribution in [2.24, 2.45) is 5.41 Å². The first-order chi connectivity index (χ1) is 7.67. The van der Waals surface area contributed by atoms with Crippen LogP contribution in [0.5, 0.6) is 0 Å². The lowest BCUT2D eigenvalue weighted by Crippen LogP contribution is -2.36. The van der Waals surface area contributed by atoms with Gasteiger partial charge in [-0.1, -0.05) is 59.8 Å². The van der Waals surface area contributed by atoms with Crippen LogP contribution in [0.2, 0.25) is 0 Å². The van der Waals surface area contributed by atoms with Crippen molar-refractivity contribution in [3.8, 4) is 0 Å². The van der Waals surface area contributed by atoms with Gasteiger partial charge in [0.05, 0.1) is 11.7 Å². The average Bonchev–Trinajstić information content (AvgIpc) is 2.12. The molecule has 104 valence electrons. The van der Waals surface area contributed by atoms with Gasteiger partial charge in [0.25, 0.3) is 0 Å². The number of hydrogen-bond donors (Lipinski definition) is 0. The molecule has 1 unspecified atom stereocenters. The average molecular weight is 242 g/mol. The molecule has 0 saturated heterocycles. The molecule has 0 saturated carbocycles. The first kappa shape index (κ1) is 17.0. The fourth-order valence-corrected chi connectivity index (χ4v) is 2.03. The molecule has 0 aromatic rings. The van der Waals surface area contributed by atoms with Crippen molar-refractivity contribution < 1.29 is 4.74 Å². The largest absolute Gasteiger partial charge is 0.372 e. The van der Waals surface area contributed by atoms with E-state index in [1.54, 1.807) is 0 Å². The van der Waals surface area contributed by atoms with Crippen LogP contribution in [0.15, 0.2) is 0 Å². The van der Waals surface area contributed by atoms with Gasteiger partial charge in [0.2, 0.25) is 0 Å². The summed E-state index contributed by atoms with van der Waals surface area (Å²) in [7, 11) is 0. The van der Waals surface area contributed by atoms with Gasteiger partial charge >= 0.3 is 0 Å². The fourth-order valence-electron chi connectivity index (χ4n) is 2.03. The highest BCUT2D eigenvalue weighted by Gasteiger charge is 2.28. The molecular formula is C16H34O. The monoisotopic (exact) mass is 242 g/mol. The first-order valence-electron chi connectivity index (χ1n) is 7.34. The number of hydrogen-bond acceptors (Lipinski definition) is 1. The van der Waals surface area contributed by atoms with Crippen LogP contribution in [-0.2, 0) is 4.74 Å². The lowest BCUT2D eigenvalue weighted by atomic mass is 9.85. The Morgan fingerprint density at radius 1 is 0.824 bits per heavy atom. The highest BCUT2D eigenvalue weighted by molar-refractivity contribution is 4.77. The Kier molecular flexibility index (Phi) is 7.39. The molecule has 17 heavy (non-hydrogen) atoms. The maximum Gasteiger partial charge on any atom is 0.0630 e. The minimum absolute atomic E-state index is 0.0264. The topological polar surface area (TPSA) is 9.23 Å². The first-order valence-corrected chi connectivity index (χ1v) is 7.34. The maximum atomic E-state index is 6.21. The van der Waals surface area contributed by atoms with E-state index in [0.717, 1.165) is 0 Å². The number of ether oxygens (including phenoxy) is 1. The predicted molar refractivity (Wildman–Crippen MR) is 77.5 cm³/mol. The van der Waals surface area contributed by atoms with E-state index in [-0.39, 0.29) is 11.0 Å². The van der Waals surface area contributed by atoms with Gasteiger partial charge in [-0.3, -0.25) is 0 Å². The second-order valence-corrected chi connectivity index (χ2v) is 7.29. The lowest BCUT2D eigenvalue weighted by Gasteiger charge is -2.36. The fraction of sp³-hybridized carbons (Fsp3) is 1.00. The van der Waals surface area contributed by atoms with E-state index in [1.807, 2.05) is 0 Å². The third kappa shape index (κ3) is 9.64. The summed E-state index contributed by atoms with van der Waals surface area (Å²) < 4.78 is 6.21. The number of unbranched alkanes of at least 4 members (excludes halogenated alkanes) is 4. The van der Waals surface area contributed by atoms with Gasteiger partial charge in [0.1, 0.15) is 0 Å². The molecule has 0 spiro atoms. The zero-order chi connectivity index (χ0) is 13.5. The van der Waals surface area contributed by atoms with Crippen LogP contribution < -0.4 is 0 Å². The lowest BCUT2D eigenvalue weighted by molar-refractivity contribution is -0.108. The predicted octanol–water partition coefficient (Wildman–Crippen LogP) is 5.58. The van der Waals surface area contributed by atoms with E-state index in [4.69, 9.17) is 4.74 Å². The second-order valence-electron chi connectivity index (χ2n) is 7.29. The highest BCUT2D eigenvalue weighted by atomic mass is 16.5. The summed E-state index contributed by atoms with van der Waals surface area (Å²) in [5.74, 6) is 0. The molecule has 0 fully saturated rings. The van der Waals surface area contributed by atoms with Crippen LogP contribution in [0.4, 0.5) is 0 Å². The van der Waals surface area contributed by atoms with Crippen LogP contribution in [0.3, 0.4) is 0 Å². The van der Waals surface area contributed by atoms with Crippen LogP contribution in [0.25, 0.3) is 0 Å². The molecule has 0 heterocycles. The van der Waals surface area contributed by atoms with Gasteiger partial charge in [0.15, 0.2) is 0 Å². The molecule has 0 radical (unpaired) electrons. The highest BCUT2D eigenvalue weighted by Crippen LogP contribution is 2.30. The van der Waals surface area contributed by atoms with Crippen molar-refractivity contribution in [3.63, 3.8) is 0 Å². The van der Waals surface area contributed by atoms with E-state index in [0.29, 0.717) is 6.10 Å². The second kappa shape index (κ2) is 7.41. The molecule has 0 rings (SSSR count). The molecule has 1 nitrogen and oxygen atoms in total. The van der Waals surface area contributed by atoms with Crippen molar-refractivity contribution in [2.75, 3.05) is 0 Å². The third-order valence-electron chi connectivity index (χ3n) is 3.03. The molecule has 1 atom stereocenters. The van der Waals surface area contributed by atoms with Crippen LogP contribution in [0, 0.1) is 5.41 Å². The molecule has 0 amide bonds. The molecule has 0 aliphatic heterocycles. The molecular weight excluding hydrogens is 208 g/mol. The van der Waals surface area contributed by atoms with Crippen molar-refractivity contribution >= 4 is 0 Å². The zero-order valence-electron chi connectivity index (χ0n) is 13.2. The molecule has 0 bridgehead atoms. The standard InChI is InChI=1S/C16H34O/c1-8-9-10-11-12-13-14(15(2,3)4)17-16(5,6)7/h14H,8-13H2,1-7H3. The minimum Gasteiger partial charge on any atom is -0.372 e. The molecule has 0 aliphatic rings. The molecule has 0 aromatic carbocycles. The molecule has 1 heteroatoms. The Hall–Kier alpha value is -0.0400. The van der Waals surface area contributed by atoms with Gasteiger partial charge in [-0.2, -0.15) is 0 Å². The number of rotatable bonds is 7. The van der Waals surface area contributed by atoms with Crippen molar-refractivity contribution in [3.05, 3.63) is 0 Å². The summed E-state index contributed by atoms with van der Waals surface area (Å²) in [6, 6.07) is 0. The maximum absolute atomic E-state index is 6.21. The zero-order valence-corrected chi connectivity index (χ0v) is 13.2. The Labute approximate surface area is 109 Å². The smallest absolute Gasteiger partial charge is 0.0630 e. The summed E-state index contributed by atoms with van der Waals surface area (Å²) in [4.78, 5) is 0. The van der Waals surface area contributed by atoms with E-state index in [9.17, 15) is 0 Å². The molecule has 0 aliphatic carbocycles. The molecule has 0 aromatic heterocycles. The Balaban J connectivity index is 4.05. The Morgan fingerprint density at radius 2 is 1.35 bits per heavy atom. The van der Waals surface area contributed by atoms with Crippen molar-refractivity contribution in [1.82, 2.24) is 0 Å². The SMILES string of the molecule is CCCCCCCC(OC(C)(C)C)C(C)(C)C. The van der Waals surface area contributed by atoms with E-state index in [2.05, 4.69) is 48.5 Å². The van der Waals surface area contributed by atoms with Gasteiger partial charge < -0.3 is 4.74 Å². The summed E-state index contributed by atoms with van der Waals surface area (Å²) in [6.07, 6.45) is 8.31. The summed E-state index contributed by atoms with van der Waals surface area (Å²) >= 11 is 0. The van der Waals surface area contributed by atoms with Gasteiger partial charge in [0, 0.05) is 0 Å². The molecule has 0 N–H and O–H groups in total. The van der Waals surface area contributed by atoms with Crippen LogP contribution >= 0.6 is 0 Å². The Morgan fingerprint density at radius 3 is 1.76 bits per heavy atom. The summed E-state index contributed by atoms with van der Waals surface area (Å²) in [5.41, 5.74) is 0.222. The summed E-state index contributed by atoms with van der Waals surface area (Å²) in [5, 5.41) is 0. The normalized spacial score (nSPS) is 15.0. The van der Waals surface area contributed by atoms with E-state index in [1.165, 1.54) is 38.5 Å². The van der Waals surface area contributed by atoms with Crippen LogP contribution in [0.1, 0.15) is 87.0 Å². The van der Waals surface area contributed by atoms with E-state index >= 15 is 0 Å². The summed E-state index contributed by atoms with van der Waals surface area (Å²) in [6.45, 7) is 15.6. The van der Waals surface area contributed by atoms with Gasteiger partial charge in [-0.25, -0.2) is 0 Å². The van der Waals surface area contributed by atoms with Crippen molar-refractivity contribution in [1.29, 1.82) is 0 Å². The van der Waals surface area contributed by atoms with Crippen molar-refractivity contribution in [2.45, 2.75) is 98.7 Å². The minimum atomic E-state index is -0.0264. The van der Waals surface area contributed by atoms with Crippen LogP contribution in [-0.4, -0.2) is 11.7 Å². The van der Waals surface area contributed by atoms with E-state index < -0.39 is 0 Å². The van der Waals surface area contributed by atoms with Gasteiger partial charge in [-0.15, -0.1) is 0 Å². The Bertz CT molecular complexity index is 183. The quantitative estimate of drug-likeness (QED) is 0.530.